The Bertz CT molecular complexity index is 691. The predicted molar refractivity (Wildman–Crippen MR) is 74.2 cm³/mol. The zero-order valence-electron chi connectivity index (χ0n) is 8.74. The second-order valence-electron chi connectivity index (χ2n) is 3.74. The van der Waals surface area contributed by atoms with Gasteiger partial charge in [-0.1, -0.05) is 45.7 Å². The zero-order chi connectivity index (χ0) is 11.8. The molecule has 4 heteroatoms. The first-order valence-electron chi connectivity index (χ1n) is 5.14. The molecule has 1 aromatic heterocycles. The molecule has 0 aliphatic carbocycles. The second-order valence-corrected chi connectivity index (χ2v) is 5.06. The highest BCUT2D eigenvalue weighted by Gasteiger charge is 2.10. The summed E-state index contributed by atoms with van der Waals surface area (Å²) in [5, 5.41) is 9.12. The average Bonchev–Trinajstić information content (AvgIpc) is 2.72. The van der Waals surface area contributed by atoms with Crippen LogP contribution in [0, 0.1) is 0 Å². The molecule has 0 spiro atoms. The molecule has 0 aliphatic heterocycles. The number of aromatic nitrogens is 2. The normalized spacial score (nSPS) is 10.9. The van der Waals surface area contributed by atoms with Crippen molar-refractivity contribution in [1.29, 1.82) is 0 Å². The summed E-state index contributed by atoms with van der Waals surface area (Å²) >= 11 is 9.66. The van der Waals surface area contributed by atoms with E-state index in [2.05, 4.69) is 26.1 Å². The first kappa shape index (κ1) is 10.8. The van der Waals surface area contributed by atoms with Crippen LogP contribution in [0.15, 0.2) is 46.9 Å². The van der Waals surface area contributed by atoms with Gasteiger partial charge in [0.25, 0.3) is 0 Å². The molecule has 0 fully saturated rings. The van der Waals surface area contributed by atoms with Crippen LogP contribution in [0.5, 0.6) is 0 Å². The number of halogens is 2. The van der Waals surface area contributed by atoms with Crippen LogP contribution in [0.4, 0.5) is 0 Å². The summed E-state index contributed by atoms with van der Waals surface area (Å²) in [5.41, 5.74) is 2.83. The van der Waals surface area contributed by atoms with Crippen LogP contribution in [-0.4, -0.2) is 10.2 Å². The third-order valence-electron chi connectivity index (χ3n) is 2.65. The Kier molecular flexibility index (Phi) is 2.65. The molecule has 0 aliphatic rings. The van der Waals surface area contributed by atoms with Crippen molar-refractivity contribution in [1.82, 2.24) is 10.2 Å². The van der Waals surface area contributed by atoms with Crippen molar-refractivity contribution in [2.45, 2.75) is 0 Å². The van der Waals surface area contributed by atoms with Crippen molar-refractivity contribution in [3.8, 4) is 11.3 Å². The quantitative estimate of drug-likeness (QED) is 0.697. The second kappa shape index (κ2) is 4.17. The lowest BCUT2D eigenvalue weighted by molar-refractivity contribution is 1.12. The molecule has 0 unspecified atom stereocenters. The Morgan fingerprint density at radius 1 is 1.12 bits per heavy atom. The number of benzene rings is 2. The predicted octanol–water partition coefficient (Wildman–Crippen LogP) is 4.65. The van der Waals surface area contributed by atoms with Crippen molar-refractivity contribution in [3.05, 3.63) is 52.0 Å². The Balaban J connectivity index is 2.31. The van der Waals surface area contributed by atoms with E-state index in [0.29, 0.717) is 5.02 Å². The number of fused-ring (bicyclic) bond motifs is 1. The van der Waals surface area contributed by atoms with Crippen LogP contribution < -0.4 is 0 Å². The van der Waals surface area contributed by atoms with Gasteiger partial charge < -0.3 is 0 Å². The smallest absolute Gasteiger partial charge is 0.101 e. The molecule has 0 bridgehead atoms. The highest BCUT2D eigenvalue weighted by molar-refractivity contribution is 9.10. The maximum atomic E-state index is 6.19. The van der Waals surface area contributed by atoms with Gasteiger partial charge in [-0.05, 0) is 24.3 Å². The van der Waals surface area contributed by atoms with Gasteiger partial charge in [0.1, 0.15) is 5.69 Å². The largest absolute Gasteiger partial charge is 0.277 e. The number of rotatable bonds is 1. The number of hydrogen-bond acceptors (Lipinski definition) is 1. The standard InChI is InChI=1S/C13H8BrClN2/c14-8-5-6-12-10(7-8)13(17-16-12)9-3-1-2-4-11(9)15/h1-7H,(H,16,17). The Labute approximate surface area is 112 Å². The molecule has 0 saturated carbocycles. The number of hydrogen-bond donors (Lipinski definition) is 1. The van der Waals surface area contributed by atoms with Gasteiger partial charge in [0, 0.05) is 15.4 Å². The van der Waals surface area contributed by atoms with E-state index < -0.39 is 0 Å². The minimum absolute atomic E-state index is 0.709. The SMILES string of the molecule is Clc1ccccc1-c1n[nH]c2ccc(Br)cc12. The molecule has 3 aromatic rings. The van der Waals surface area contributed by atoms with Crippen LogP contribution in [0.2, 0.25) is 5.02 Å². The minimum atomic E-state index is 0.709. The van der Waals surface area contributed by atoms with Gasteiger partial charge in [-0.3, -0.25) is 5.10 Å². The lowest BCUT2D eigenvalue weighted by Gasteiger charge is -2.00. The fourth-order valence-electron chi connectivity index (χ4n) is 1.84. The molecule has 2 nitrogen and oxygen atoms in total. The van der Waals surface area contributed by atoms with Gasteiger partial charge in [-0.15, -0.1) is 0 Å². The summed E-state index contributed by atoms with van der Waals surface area (Å²) in [6, 6.07) is 13.7. The van der Waals surface area contributed by atoms with Crippen molar-refractivity contribution in [2.24, 2.45) is 0 Å². The van der Waals surface area contributed by atoms with Gasteiger partial charge in [0.05, 0.1) is 10.5 Å². The Morgan fingerprint density at radius 3 is 2.76 bits per heavy atom. The average molecular weight is 308 g/mol. The number of aromatic amines is 1. The molecule has 0 radical (unpaired) electrons. The number of nitrogens with zero attached hydrogens (tertiary/aromatic N) is 1. The van der Waals surface area contributed by atoms with Crippen molar-refractivity contribution in [3.63, 3.8) is 0 Å². The summed E-state index contributed by atoms with van der Waals surface area (Å²) in [6.45, 7) is 0. The topological polar surface area (TPSA) is 28.7 Å². The summed E-state index contributed by atoms with van der Waals surface area (Å²) in [5.74, 6) is 0. The van der Waals surface area contributed by atoms with Crippen LogP contribution >= 0.6 is 27.5 Å². The number of nitrogens with one attached hydrogen (secondary N) is 1. The highest BCUT2D eigenvalue weighted by atomic mass is 79.9. The van der Waals surface area contributed by atoms with Gasteiger partial charge in [0.15, 0.2) is 0 Å². The molecule has 2 aromatic carbocycles. The third-order valence-corrected chi connectivity index (χ3v) is 3.48. The first-order valence-corrected chi connectivity index (χ1v) is 6.31. The van der Waals surface area contributed by atoms with E-state index in [1.165, 1.54) is 0 Å². The van der Waals surface area contributed by atoms with E-state index in [-0.39, 0.29) is 0 Å². The van der Waals surface area contributed by atoms with E-state index in [9.17, 15) is 0 Å². The summed E-state index contributed by atoms with van der Waals surface area (Å²) in [7, 11) is 0. The Hall–Kier alpha value is -1.32. The molecule has 84 valence electrons. The van der Waals surface area contributed by atoms with Crippen molar-refractivity contribution in [2.75, 3.05) is 0 Å². The minimum Gasteiger partial charge on any atom is -0.277 e. The lowest BCUT2D eigenvalue weighted by Crippen LogP contribution is -1.80. The van der Waals surface area contributed by atoms with Crippen molar-refractivity contribution < 1.29 is 0 Å². The van der Waals surface area contributed by atoms with Gasteiger partial charge >= 0.3 is 0 Å². The van der Waals surface area contributed by atoms with Crippen LogP contribution in [0.1, 0.15) is 0 Å². The zero-order valence-corrected chi connectivity index (χ0v) is 11.1. The molecule has 3 rings (SSSR count). The van der Waals surface area contributed by atoms with Gasteiger partial charge in [-0.2, -0.15) is 5.10 Å². The first-order chi connectivity index (χ1) is 8.25. The molecule has 1 heterocycles. The van der Waals surface area contributed by atoms with E-state index >= 15 is 0 Å². The van der Waals surface area contributed by atoms with E-state index in [1.807, 2.05) is 42.5 Å². The molecule has 0 amide bonds. The fourth-order valence-corrected chi connectivity index (χ4v) is 2.43. The summed E-state index contributed by atoms with van der Waals surface area (Å²) in [6.07, 6.45) is 0. The molecule has 0 atom stereocenters. The molecule has 0 saturated heterocycles. The summed E-state index contributed by atoms with van der Waals surface area (Å²) in [4.78, 5) is 0. The van der Waals surface area contributed by atoms with Gasteiger partial charge in [-0.25, -0.2) is 0 Å². The van der Waals surface area contributed by atoms with Gasteiger partial charge in [0.2, 0.25) is 0 Å². The maximum absolute atomic E-state index is 6.19. The highest BCUT2D eigenvalue weighted by Crippen LogP contribution is 2.32. The van der Waals surface area contributed by atoms with Crippen LogP contribution in [0.3, 0.4) is 0 Å². The molecular weight excluding hydrogens is 300 g/mol. The van der Waals surface area contributed by atoms with Crippen LogP contribution in [-0.2, 0) is 0 Å². The number of H-pyrrole nitrogens is 1. The molecular formula is C13H8BrClN2. The van der Waals surface area contributed by atoms with Crippen molar-refractivity contribution >= 4 is 38.4 Å². The van der Waals surface area contributed by atoms with E-state index in [1.54, 1.807) is 0 Å². The fraction of sp³-hybridized carbons (Fsp3) is 0. The van der Waals surface area contributed by atoms with Crippen LogP contribution in [0.25, 0.3) is 22.2 Å². The molecule has 17 heavy (non-hydrogen) atoms. The summed E-state index contributed by atoms with van der Waals surface area (Å²) < 4.78 is 1.03. The Morgan fingerprint density at radius 2 is 1.94 bits per heavy atom. The monoisotopic (exact) mass is 306 g/mol. The third kappa shape index (κ3) is 1.85. The maximum Gasteiger partial charge on any atom is 0.101 e. The lowest BCUT2D eigenvalue weighted by atomic mass is 10.1. The van der Waals surface area contributed by atoms with E-state index in [4.69, 9.17) is 11.6 Å². The van der Waals surface area contributed by atoms with E-state index in [0.717, 1.165) is 26.6 Å². The molecule has 1 N–H and O–H groups in total.